The Labute approximate surface area is 299 Å². The second-order valence-electron chi connectivity index (χ2n) is 14.7. The van der Waals surface area contributed by atoms with Crippen LogP contribution < -0.4 is 19.6 Å². The quantitative estimate of drug-likeness (QED) is 0.139. The van der Waals surface area contributed by atoms with Gasteiger partial charge in [0, 0.05) is 45.7 Å². The fraction of sp³-hybridized carbons (Fsp3) is 0.0667. The molecule has 13 rings (SSSR count). The lowest BCUT2D eigenvalue weighted by molar-refractivity contribution is -0.995. The van der Waals surface area contributed by atoms with Gasteiger partial charge in [-0.05, 0) is 73.9 Å². The average molecular weight is 667 g/mol. The van der Waals surface area contributed by atoms with E-state index in [0.717, 1.165) is 5.69 Å². The highest BCUT2D eigenvalue weighted by molar-refractivity contribution is 6.83. The molecule has 0 saturated carbocycles. The molecule has 52 heavy (non-hydrogen) atoms. The summed E-state index contributed by atoms with van der Waals surface area (Å²) in [6, 6.07) is 44.6. The summed E-state index contributed by atoms with van der Waals surface area (Å²) in [6.07, 6.45) is 6.77. The van der Waals surface area contributed by atoms with Crippen LogP contribution in [0.2, 0.25) is 0 Å². The van der Waals surface area contributed by atoms with Crippen LogP contribution >= 0.6 is 0 Å². The third kappa shape index (κ3) is 2.82. The van der Waals surface area contributed by atoms with E-state index < -0.39 is 5.66 Å². The maximum atomic E-state index is 2.65. The fourth-order valence-corrected chi connectivity index (χ4v) is 10.6. The van der Waals surface area contributed by atoms with Crippen molar-refractivity contribution in [1.29, 1.82) is 0 Å². The number of hydrogen-bond acceptors (Lipinski definition) is 1. The summed E-state index contributed by atoms with van der Waals surface area (Å²) in [4.78, 5) is 2.21. The Bertz CT molecular complexity index is 3130. The van der Waals surface area contributed by atoms with E-state index in [-0.39, 0.29) is 6.71 Å². The summed E-state index contributed by atoms with van der Waals surface area (Å²) in [7, 11) is 0. The molecule has 0 saturated heterocycles. The Balaban J connectivity index is 1.22. The van der Waals surface area contributed by atoms with E-state index in [2.05, 4.69) is 194 Å². The largest absolute Gasteiger partial charge is 0.394 e. The van der Waals surface area contributed by atoms with Crippen LogP contribution in [-0.2, 0) is 5.66 Å². The average Bonchev–Trinajstić information content (AvgIpc) is 3.89. The van der Waals surface area contributed by atoms with Crippen molar-refractivity contribution in [1.82, 2.24) is 13.8 Å². The lowest BCUT2D eigenvalue weighted by atomic mass is 9.44. The summed E-state index contributed by atoms with van der Waals surface area (Å²) in [5.74, 6) is 5.87. The molecule has 0 fully saturated rings. The first-order valence-electron chi connectivity index (χ1n) is 18.2. The molecule has 1 unspecified atom stereocenters. The molecule has 0 aliphatic carbocycles. The first kappa shape index (κ1) is 27.2. The van der Waals surface area contributed by atoms with E-state index in [1.54, 1.807) is 0 Å². The van der Waals surface area contributed by atoms with E-state index in [4.69, 9.17) is 0 Å². The van der Waals surface area contributed by atoms with E-state index in [1.807, 2.05) is 0 Å². The molecule has 4 aromatic heterocycles. The van der Waals surface area contributed by atoms with Gasteiger partial charge in [0.15, 0.2) is 5.52 Å². The van der Waals surface area contributed by atoms with Gasteiger partial charge in [0.1, 0.15) is 22.3 Å². The van der Waals surface area contributed by atoms with Gasteiger partial charge < -0.3 is 9.47 Å². The van der Waals surface area contributed by atoms with Crippen LogP contribution in [-0.4, -0.2) is 20.5 Å². The van der Waals surface area contributed by atoms with Crippen LogP contribution in [0, 0.1) is 13.8 Å². The van der Waals surface area contributed by atoms with Crippen LogP contribution in [0.4, 0.5) is 5.69 Å². The van der Waals surface area contributed by atoms with Crippen LogP contribution in [0.1, 0.15) is 22.5 Å². The van der Waals surface area contributed by atoms with Crippen LogP contribution in [0.25, 0.3) is 60.8 Å². The molecule has 1 atom stereocenters. The minimum atomic E-state index is -0.666. The number of benzene rings is 5. The number of hydrogen-bond donors (Lipinski definition) is 0. The van der Waals surface area contributed by atoms with Crippen molar-refractivity contribution in [2.24, 2.45) is 0 Å². The summed E-state index contributed by atoms with van der Waals surface area (Å²) in [5.41, 5.74) is 14.6. The summed E-state index contributed by atoms with van der Waals surface area (Å²) in [6.45, 7) is 4.80. The molecule has 6 nitrogen and oxygen atoms in total. The smallest absolute Gasteiger partial charge is 0.326 e. The highest BCUT2D eigenvalue weighted by atomic mass is 15.5. The highest BCUT2D eigenvalue weighted by Crippen LogP contribution is 2.54. The Hall–Kier alpha value is -6.60. The number of pyridine rings is 1. The van der Waals surface area contributed by atoms with Crippen molar-refractivity contribution in [3.8, 4) is 17.2 Å². The zero-order valence-corrected chi connectivity index (χ0v) is 28.7. The molecule has 8 heterocycles. The Morgan fingerprint density at radius 2 is 1.25 bits per heavy atom. The Morgan fingerprint density at radius 3 is 2.02 bits per heavy atom. The molecule has 5 aromatic carbocycles. The van der Waals surface area contributed by atoms with Crippen molar-refractivity contribution in [3.63, 3.8) is 0 Å². The minimum absolute atomic E-state index is 0.134. The molecular formula is C45H31BN6+2. The third-order valence-electron chi connectivity index (χ3n) is 12.4. The van der Waals surface area contributed by atoms with Crippen molar-refractivity contribution < 1.29 is 9.25 Å². The standard InChI is InChI=1S/C45H31BN6/c1-28-42(46-22-25-47(26-23-46)30-13-4-3-5-14-30)29(2)52-45-40-37(19-12-20-38(40)51(28)52)49-35-17-8-6-15-31(35)33-27-34-32-16-7-9-18-36(32)50(44(34)41(45)43(33)49)39-21-10-11-24-48(39)45/h3-27H,1-2H3/q+2. The van der Waals surface area contributed by atoms with Gasteiger partial charge in [0.05, 0.1) is 28.6 Å². The zero-order valence-electron chi connectivity index (χ0n) is 28.7. The van der Waals surface area contributed by atoms with Crippen molar-refractivity contribution >= 4 is 61.5 Å². The Morgan fingerprint density at radius 1 is 0.596 bits per heavy atom. The van der Waals surface area contributed by atoms with Gasteiger partial charge in [0.25, 0.3) is 5.82 Å². The van der Waals surface area contributed by atoms with Crippen molar-refractivity contribution in [3.05, 3.63) is 174 Å². The van der Waals surface area contributed by atoms with E-state index in [0.29, 0.717) is 0 Å². The number of nitrogens with zero attached hydrogens (tertiary/aromatic N) is 6. The van der Waals surface area contributed by atoms with Gasteiger partial charge in [-0.3, -0.25) is 0 Å². The number of fused-ring (bicyclic) bond motifs is 11. The number of aromatic nitrogens is 5. The molecule has 9 aromatic rings. The molecule has 0 bridgehead atoms. The molecule has 242 valence electrons. The van der Waals surface area contributed by atoms with E-state index in [1.165, 1.54) is 88.8 Å². The monoisotopic (exact) mass is 666 g/mol. The summed E-state index contributed by atoms with van der Waals surface area (Å²) < 4.78 is 12.9. The summed E-state index contributed by atoms with van der Waals surface area (Å²) >= 11 is 0. The van der Waals surface area contributed by atoms with Gasteiger partial charge in [-0.15, -0.1) is 4.68 Å². The third-order valence-corrected chi connectivity index (χ3v) is 12.4. The lowest BCUT2D eigenvalue weighted by Crippen LogP contribution is -2.78. The van der Waals surface area contributed by atoms with Crippen molar-refractivity contribution in [2.75, 3.05) is 4.90 Å². The molecular weight excluding hydrogens is 635 g/mol. The zero-order chi connectivity index (χ0) is 34.0. The van der Waals surface area contributed by atoms with Gasteiger partial charge >= 0.3 is 5.66 Å². The predicted octanol–water partition coefficient (Wildman–Crippen LogP) is 7.43. The van der Waals surface area contributed by atoms with E-state index in [9.17, 15) is 0 Å². The molecule has 7 heteroatoms. The number of anilines is 1. The lowest BCUT2D eigenvalue weighted by Gasteiger charge is -2.33. The second-order valence-corrected chi connectivity index (χ2v) is 14.7. The van der Waals surface area contributed by atoms with Crippen molar-refractivity contribution in [2.45, 2.75) is 19.5 Å². The molecule has 0 N–H and O–H groups in total. The normalized spacial score (nSPS) is 17.3. The molecule has 0 amide bonds. The highest BCUT2D eigenvalue weighted by Gasteiger charge is 2.69. The van der Waals surface area contributed by atoms with Crippen LogP contribution in [0.3, 0.4) is 0 Å². The number of para-hydroxylation sites is 3. The molecule has 0 radical (unpaired) electrons. The van der Waals surface area contributed by atoms with Gasteiger partial charge in [-0.2, -0.15) is 9.13 Å². The van der Waals surface area contributed by atoms with Crippen LogP contribution in [0.5, 0.6) is 0 Å². The van der Waals surface area contributed by atoms with E-state index >= 15 is 0 Å². The maximum absolute atomic E-state index is 2.65. The first-order chi connectivity index (χ1) is 25.7. The predicted molar refractivity (Wildman–Crippen MR) is 208 cm³/mol. The van der Waals surface area contributed by atoms with Gasteiger partial charge in [-0.1, -0.05) is 77.3 Å². The topological polar surface area (TPSA) is 25.8 Å². The molecule has 1 spiro atoms. The second kappa shape index (κ2) is 9.00. The first-order valence-corrected chi connectivity index (χ1v) is 18.2. The molecule has 4 aliphatic heterocycles. The molecule has 4 aliphatic rings. The maximum Gasteiger partial charge on any atom is 0.394 e. The summed E-state index contributed by atoms with van der Waals surface area (Å²) in [5, 5.41) is 5.18. The van der Waals surface area contributed by atoms with Crippen LogP contribution in [0.15, 0.2) is 152 Å². The number of rotatable bonds is 2. The SMILES string of the molecule is Cc1c(B2C=CN(c3ccccc3)C=C2)c(C)[n+]2n1-c1cccc3c1C21c2c4c(cc5c6ccccc6n(c25)-c2cccc[n+]21)c1ccccc1n4-3. The Kier molecular flexibility index (Phi) is 4.70. The van der Waals surface area contributed by atoms with Gasteiger partial charge in [0.2, 0.25) is 12.4 Å². The van der Waals surface area contributed by atoms with Gasteiger partial charge in [-0.25, -0.2) is 0 Å². The fourth-order valence-electron chi connectivity index (χ4n) is 10.6. The minimum Gasteiger partial charge on any atom is -0.326 e.